The van der Waals surface area contributed by atoms with Crippen LogP contribution in [0.3, 0.4) is 0 Å². The zero-order chi connectivity index (χ0) is 31.5. The van der Waals surface area contributed by atoms with Gasteiger partial charge in [-0.15, -0.1) is 0 Å². The molecule has 0 aliphatic carbocycles. The van der Waals surface area contributed by atoms with E-state index in [0.29, 0.717) is 7.05 Å². The molecular formula is C18H8F18N4. The van der Waals surface area contributed by atoms with Gasteiger partial charge < -0.3 is 4.90 Å². The van der Waals surface area contributed by atoms with Crippen molar-refractivity contribution in [1.29, 1.82) is 0 Å². The molecule has 0 N–H and O–H groups in total. The van der Waals surface area contributed by atoms with Gasteiger partial charge in [-0.1, -0.05) is 18.2 Å². The van der Waals surface area contributed by atoms with E-state index in [0.717, 1.165) is 30.3 Å². The number of alkyl halides is 18. The molecule has 0 aliphatic rings. The quantitative estimate of drug-likeness (QED) is 0.332. The van der Waals surface area contributed by atoms with Gasteiger partial charge in [-0.05, 0) is 12.1 Å². The summed E-state index contributed by atoms with van der Waals surface area (Å²) in [6, 6.07) is 4.72. The Labute approximate surface area is 208 Å². The Morgan fingerprint density at radius 1 is 0.450 bits per heavy atom. The maximum atomic E-state index is 13.6. The predicted octanol–water partition coefficient (Wildman–Crippen LogP) is 7.49. The predicted molar refractivity (Wildman–Crippen MR) is 94.0 cm³/mol. The first-order valence-electron chi connectivity index (χ1n) is 9.55. The van der Waals surface area contributed by atoms with Gasteiger partial charge in [0.25, 0.3) is 0 Å². The number of anilines is 2. The largest absolute Gasteiger partial charge is 0.419 e. The molecule has 0 fully saturated rings. The number of nitrogens with zero attached hydrogens (tertiary/aromatic N) is 4. The van der Waals surface area contributed by atoms with Crippen LogP contribution in [0.4, 0.5) is 90.7 Å². The number of hydrogen-bond donors (Lipinski definition) is 0. The van der Waals surface area contributed by atoms with Gasteiger partial charge >= 0.3 is 47.9 Å². The van der Waals surface area contributed by atoms with Crippen molar-refractivity contribution in [3.8, 4) is 0 Å². The summed E-state index contributed by atoms with van der Waals surface area (Å²) in [6.45, 7) is 0. The van der Waals surface area contributed by atoms with Crippen LogP contribution in [0, 0.1) is 0 Å². The molecule has 40 heavy (non-hydrogen) atoms. The van der Waals surface area contributed by atoms with E-state index in [2.05, 4.69) is 9.97 Å². The van der Waals surface area contributed by atoms with Gasteiger partial charge in [0.2, 0.25) is 5.95 Å². The number of para-hydroxylation sites is 1. The van der Waals surface area contributed by atoms with E-state index in [-0.39, 0.29) is 4.90 Å². The van der Waals surface area contributed by atoms with Crippen molar-refractivity contribution in [2.24, 2.45) is 0 Å². The zero-order valence-corrected chi connectivity index (χ0v) is 18.5. The van der Waals surface area contributed by atoms with Crippen LogP contribution in [0.1, 0.15) is 11.6 Å². The zero-order valence-electron chi connectivity index (χ0n) is 18.5. The van der Waals surface area contributed by atoms with Gasteiger partial charge in [-0.2, -0.15) is 89.0 Å². The molecule has 1 aromatic heterocycles. The lowest BCUT2D eigenvalue weighted by atomic mass is 9.82. The minimum atomic E-state index is -7.73. The molecule has 0 aliphatic heterocycles. The van der Waals surface area contributed by atoms with Crippen molar-refractivity contribution in [3.05, 3.63) is 42.0 Å². The third kappa shape index (κ3) is 4.81. The van der Waals surface area contributed by atoms with Crippen LogP contribution in [0.5, 0.6) is 0 Å². The number of hydrogen-bond acceptors (Lipinski definition) is 4. The Morgan fingerprint density at radius 2 is 0.725 bits per heavy atom. The van der Waals surface area contributed by atoms with E-state index in [4.69, 9.17) is 0 Å². The summed E-state index contributed by atoms with van der Waals surface area (Å²) in [5.41, 5.74) is -15.6. The van der Waals surface area contributed by atoms with Crippen LogP contribution in [-0.2, 0) is 10.8 Å². The summed E-state index contributed by atoms with van der Waals surface area (Å²) in [7, 11) is 0.394. The Kier molecular flexibility index (Phi) is 7.76. The first kappa shape index (κ1) is 33.0. The standard InChI is InChI=1S/C18H8F18N4/c1-40(7-5-3-2-4-6-7)10-38-8(11(13(19,20)21,14(22,23)24)15(25,26)27)37-9(39-10)12(16(28,29)30,17(31,32)33)18(34,35)36/h2-6H,1H3. The average Bonchev–Trinajstić information content (AvgIpc) is 2.67. The fraction of sp³-hybridized carbons (Fsp3) is 0.500. The molecule has 0 spiro atoms. The molecule has 0 radical (unpaired) electrons. The van der Waals surface area contributed by atoms with Crippen molar-refractivity contribution in [1.82, 2.24) is 15.0 Å². The van der Waals surface area contributed by atoms with Gasteiger partial charge in [-0.3, -0.25) is 0 Å². The third-order valence-corrected chi connectivity index (χ3v) is 5.29. The molecule has 1 aromatic carbocycles. The molecule has 1 heterocycles. The Morgan fingerprint density at radius 3 is 0.975 bits per heavy atom. The van der Waals surface area contributed by atoms with E-state index < -0.39 is 71.2 Å². The molecule has 2 aromatic rings. The highest BCUT2D eigenvalue weighted by Gasteiger charge is 2.89. The van der Waals surface area contributed by atoms with Gasteiger partial charge in [0.15, 0.2) is 11.6 Å². The normalized spacial score (nSPS) is 14.9. The third-order valence-electron chi connectivity index (χ3n) is 5.29. The van der Waals surface area contributed by atoms with E-state index >= 15 is 0 Å². The second-order valence-corrected chi connectivity index (χ2v) is 7.66. The molecule has 0 saturated heterocycles. The number of rotatable bonds is 4. The molecule has 0 atom stereocenters. The van der Waals surface area contributed by atoms with Gasteiger partial charge in [-0.25, -0.2) is 4.98 Å². The van der Waals surface area contributed by atoms with Crippen LogP contribution in [0.15, 0.2) is 30.3 Å². The van der Waals surface area contributed by atoms with Gasteiger partial charge in [0, 0.05) is 12.7 Å². The fourth-order valence-corrected chi connectivity index (χ4v) is 3.34. The lowest BCUT2D eigenvalue weighted by Crippen LogP contribution is -2.66. The Bertz CT molecular complexity index is 1050. The highest BCUT2D eigenvalue weighted by Crippen LogP contribution is 2.62. The highest BCUT2D eigenvalue weighted by atomic mass is 19.4. The SMILES string of the molecule is CN(c1ccccc1)c1nc(C(C(F)(F)F)(C(F)(F)F)C(F)(F)F)nc(C(C(F)(F)F)(C(F)(F)F)C(F)(F)F)n1. The van der Waals surface area contributed by atoms with E-state index in [1.807, 2.05) is 0 Å². The molecule has 0 saturated carbocycles. The van der Waals surface area contributed by atoms with Crippen LogP contribution in [-0.4, -0.2) is 59.1 Å². The molecule has 2 rings (SSSR count). The minimum Gasteiger partial charge on any atom is -0.314 e. The Hall–Kier alpha value is -3.23. The van der Waals surface area contributed by atoms with E-state index in [1.54, 1.807) is 0 Å². The first-order valence-corrected chi connectivity index (χ1v) is 9.55. The minimum absolute atomic E-state index is 0.0730. The highest BCUT2D eigenvalue weighted by molar-refractivity contribution is 5.56. The maximum absolute atomic E-state index is 13.6. The summed E-state index contributed by atoms with van der Waals surface area (Å²) in [5, 5.41) is 0. The van der Waals surface area contributed by atoms with Crippen LogP contribution < -0.4 is 4.90 Å². The summed E-state index contributed by atoms with van der Waals surface area (Å²) in [6.07, 6.45) is -46.4. The average molecular weight is 622 g/mol. The lowest BCUT2D eigenvalue weighted by molar-refractivity contribution is -0.391. The van der Waals surface area contributed by atoms with Gasteiger partial charge in [0.1, 0.15) is 0 Å². The molecular weight excluding hydrogens is 614 g/mol. The van der Waals surface area contributed by atoms with E-state index in [9.17, 15) is 79.0 Å². The smallest absolute Gasteiger partial charge is 0.314 e. The maximum Gasteiger partial charge on any atom is 0.419 e. The summed E-state index contributed by atoms with van der Waals surface area (Å²) < 4.78 is 245. The van der Waals surface area contributed by atoms with E-state index in [1.165, 1.54) is 4.98 Å². The number of halogens is 18. The van der Waals surface area contributed by atoms with Crippen LogP contribution >= 0.6 is 0 Å². The van der Waals surface area contributed by atoms with Crippen molar-refractivity contribution in [2.45, 2.75) is 47.9 Å². The molecule has 226 valence electrons. The monoisotopic (exact) mass is 622 g/mol. The molecule has 0 unspecified atom stereocenters. The van der Waals surface area contributed by atoms with Crippen molar-refractivity contribution in [2.75, 3.05) is 11.9 Å². The topological polar surface area (TPSA) is 41.9 Å². The van der Waals surface area contributed by atoms with Crippen molar-refractivity contribution >= 4 is 11.6 Å². The first-order chi connectivity index (χ1) is 17.6. The van der Waals surface area contributed by atoms with Gasteiger partial charge in [0.05, 0.1) is 0 Å². The number of benzene rings is 1. The van der Waals surface area contributed by atoms with Crippen LogP contribution in [0.2, 0.25) is 0 Å². The lowest BCUT2D eigenvalue weighted by Gasteiger charge is -2.40. The molecule has 0 amide bonds. The second-order valence-electron chi connectivity index (χ2n) is 7.66. The molecule has 0 bridgehead atoms. The summed E-state index contributed by atoms with van der Waals surface area (Å²) in [5.74, 6) is -10.3. The molecule has 4 nitrogen and oxygen atoms in total. The Balaban J connectivity index is 3.34. The summed E-state index contributed by atoms with van der Waals surface area (Å²) in [4.78, 5) is 5.68. The van der Waals surface area contributed by atoms with Crippen molar-refractivity contribution in [3.63, 3.8) is 0 Å². The summed E-state index contributed by atoms with van der Waals surface area (Å²) >= 11 is 0. The fourth-order valence-electron chi connectivity index (χ4n) is 3.34. The van der Waals surface area contributed by atoms with Crippen LogP contribution in [0.25, 0.3) is 0 Å². The second kappa shape index (κ2) is 9.42. The van der Waals surface area contributed by atoms with Crippen molar-refractivity contribution < 1.29 is 79.0 Å². The molecule has 22 heteroatoms. The number of aromatic nitrogens is 3.